The molecule has 2 rings (SSSR count). The minimum Gasteiger partial charge on any atom is -0.496 e. The fourth-order valence-electron chi connectivity index (χ4n) is 2.42. The van der Waals surface area contributed by atoms with Gasteiger partial charge in [0.1, 0.15) is 11.5 Å². The number of hydrogen-bond donors (Lipinski definition) is 2. The van der Waals surface area contributed by atoms with Gasteiger partial charge in [-0.05, 0) is 41.1 Å². The molecule has 1 aromatic carbocycles. The van der Waals surface area contributed by atoms with Gasteiger partial charge >= 0.3 is 5.97 Å². The summed E-state index contributed by atoms with van der Waals surface area (Å²) in [5, 5.41) is 6.45. The van der Waals surface area contributed by atoms with Crippen molar-refractivity contribution in [3.05, 3.63) is 33.4 Å². The summed E-state index contributed by atoms with van der Waals surface area (Å²) in [7, 11) is 4.47. The summed E-state index contributed by atoms with van der Waals surface area (Å²) in [4.78, 5) is 12.2. The third-order valence-corrected chi connectivity index (χ3v) is 4.33. The second-order valence-corrected chi connectivity index (χ2v) is 6.05. The van der Waals surface area contributed by atoms with Gasteiger partial charge < -0.3 is 24.8 Å². The summed E-state index contributed by atoms with van der Waals surface area (Å²) < 4.78 is 16.4. The van der Waals surface area contributed by atoms with Crippen LogP contribution >= 0.6 is 28.1 Å². The van der Waals surface area contributed by atoms with Crippen LogP contribution in [-0.4, -0.2) is 32.4 Å². The Labute approximate surface area is 148 Å². The lowest BCUT2D eigenvalue weighted by atomic mass is 9.94. The van der Waals surface area contributed by atoms with Gasteiger partial charge in [-0.15, -0.1) is 0 Å². The maximum Gasteiger partial charge on any atom is 0.337 e. The van der Waals surface area contributed by atoms with Gasteiger partial charge in [-0.1, -0.05) is 0 Å². The van der Waals surface area contributed by atoms with Gasteiger partial charge in [0.25, 0.3) is 0 Å². The Bertz CT molecular complexity index is 690. The molecule has 0 spiro atoms. The van der Waals surface area contributed by atoms with Gasteiger partial charge in [0.2, 0.25) is 0 Å². The summed E-state index contributed by atoms with van der Waals surface area (Å²) in [5.41, 5.74) is 1.82. The van der Waals surface area contributed by atoms with Crippen molar-refractivity contribution in [2.45, 2.75) is 13.0 Å². The smallest absolute Gasteiger partial charge is 0.337 e. The minimum absolute atomic E-state index is 0.425. The molecule has 0 fully saturated rings. The van der Waals surface area contributed by atoms with Crippen molar-refractivity contribution in [2.24, 2.45) is 0 Å². The maximum absolute atomic E-state index is 12.2. The van der Waals surface area contributed by atoms with Gasteiger partial charge in [0.05, 0.1) is 37.4 Å². The van der Waals surface area contributed by atoms with Crippen LogP contribution in [-0.2, 0) is 9.53 Å². The van der Waals surface area contributed by atoms with Crippen LogP contribution in [0.25, 0.3) is 0 Å². The van der Waals surface area contributed by atoms with E-state index in [4.69, 9.17) is 26.4 Å². The number of ether oxygens (including phenoxy) is 3. The average molecular weight is 401 g/mol. The van der Waals surface area contributed by atoms with Gasteiger partial charge in [-0.2, -0.15) is 0 Å². The van der Waals surface area contributed by atoms with E-state index < -0.39 is 12.0 Å². The van der Waals surface area contributed by atoms with Crippen molar-refractivity contribution in [1.82, 2.24) is 10.6 Å². The second-order valence-electron chi connectivity index (χ2n) is 4.79. The molecule has 0 saturated heterocycles. The molecule has 124 valence electrons. The lowest BCUT2D eigenvalue weighted by Crippen LogP contribution is -2.45. The van der Waals surface area contributed by atoms with Crippen LogP contribution < -0.4 is 20.1 Å². The van der Waals surface area contributed by atoms with Crippen molar-refractivity contribution in [1.29, 1.82) is 0 Å². The highest BCUT2D eigenvalue weighted by Gasteiger charge is 2.33. The fraction of sp³-hybridized carbons (Fsp3) is 0.333. The monoisotopic (exact) mass is 400 g/mol. The molecule has 1 heterocycles. The van der Waals surface area contributed by atoms with E-state index in [0.717, 1.165) is 10.0 Å². The number of carbonyl (C=O) groups excluding carboxylic acids is 1. The molecule has 0 amide bonds. The lowest BCUT2D eigenvalue weighted by molar-refractivity contribution is -0.136. The highest BCUT2D eigenvalue weighted by atomic mass is 79.9. The number of halogens is 1. The molecule has 0 unspecified atom stereocenters. The van der Waals surface area contributed by atoms with Gasteiger partial charge in [0.15, 0.2) is 5.11 Å². The molecule has 6 nitrogen and oxygen atoms in total. The number of thiocarbonyl (C=S) groups is 1. The first-order valence-electron chi connectivity index (χ1n) is 6.71. The number of nitrogens with one attached hydrogen (secondary N) is 2. The molecule has 1 aliphatic heterocycles. The average Bonchev–Trinajstić information content (AvgIpc) is 2.53. The Balaban J connectivity index is 2.62. The molecule has 2 N–H and O–H groups in total. The van der Waals surface area contributed by atoms with E-state index in [1.807, 2.05) is 6.07 Å². The van der Waals surface area contributed by atoms with Crippen LogP contribution in [0.1, 0.15) is 18.5 Å². The molecule has 0 bridgehead atoms. The summed E-state index contributed by atoms with van der Waals surface area (Å²) in [6.07, 6.45) is 0. The predicted octanol–water partition coefficient (Wildman–Crippen LogP) is 2.43. The normalized spacial score (nSPS) is 17.3. The number of esters is 1. The Morgan fingerprint density at radius 1 is 1.22 bits per heavy atom. The number of hydrogen-bond acceptors (Lipinski definition) is 5. The number of carbonyl (C=O) groups is 1. The summed E-state index contributed by atoms with van der Waals surface area (Å²) in [5.74, 6) is 0.757. The van der Waals surface area contributed by atoms with Crippen molar-refractivity contribution in [3.8, 4) is 11.5 Å². The Hall–Kier alpha value is -1.80. The fourth-order valence-corrected chi connectivity index (χ4v) is 3.21. The Morgan fingerprint density at radius 3 is 2.43 bits per heavy atom. The molecule has 0 aliphatic carbocycles. The zero-order chi connectivity index (χ0) is 17.1. The number of rotatable bonds is 4. The topological polar surface area (TPSA) is 68.8 Å². The molecule has 1 atom stereocenters. The largest absolute Gasteiger partial charge is 0.496 e. The van der Waals surface area contributed by atoms with E-state index in [2.05, 4.69) is 26.6 Å². The van der Waals surface area contributed by atoms with Crippen molar-refractivity contribution in [3.63, 3.8) is 0 Å². The number of benzene rings is 1. The third kappa shape index (κ3) is 3.42. The molecular formula is C15H17BrN2O4S. The lowest BCUT2D eigenvalue weighted by Gasteiger charge is -2.30. The Morgan fingerprint density at radius 2 is 1.87 bits per heavy atom. The molecule has 0 radical (unpaired) electrons. The van der Waals surface area contributed by atoms with Gasteiger partial charge in [-0.3, -0.25) is 0 Å². The summed E-state index contributed by atoms with van der Waals surface area (Å²) >= 11 is 8.66. The van der Waals surface area contributed by atoms with Crippen molar-refractivity contribution in [2.75, 3.05) is 21.3 Å². The predicted molar refractivity (Wildman–Crippen MR) is 93.6 cm³/mol. The second kappa shape index (κ2) is 7.18. The first-order valence-corrected chi connectivity index (χ1v) is 7.91. The van der Waals surface area contributed by atoms with Crippen LogP contribution in [0.5, 0.6) is 11.5 Å². The van der Waals surface area contributed by atoms with Gasteiger partial charge in [0, 0.05) is 17.3 Å². The van der Waals surface area contributed by atoms with Crippen molar-refractivity contribution >= 4 is 39.2 Å². The number of allylic oxidation sites excluding steroid dienone is 1. The van der Waals surface area contributed by atoms with E-state index in [1.54, 1.807) is 27.2 Å². The van der Waals surface area contributed by atoms with Crippen LogP contribution in [0.4, 0.5) is 0 Å². The highest BCUT2D eigenvalue weighted by Crippen LogP contribution is 2.39. The molecule has 0 saturated carbocycles. The zero-order valence-electron chi connectivity index (χ0n) is 13.2. The van der Waals surface area contributed by atoms with E-state index in [-0.39, 0.29) is 0 Å². The molecule has 8 heteroatoms. The van der Waals surface area contributed by atoms with Crippen LogP contribution in [0.3, 0.4) is 0 Å². The van der Waals surface area contributed by atoms with Crippen LogP contribution in [0.2, 0.25) is 0 Å². The third-order valence-electron chi connectivity index (χ3n) is 3.49. The molecule has 1 aliphatic rings. The molecular weight excluding hydrogens is 384 g/mol. The molecule has 23 heavy (non-hydrogen) atoms. The van der Waals surface area contributed by atoms with E-state index >= 15 is 0 Å². The maximum atomic E-state index is 12.2. The molecule has 0 aromatic heterocycles. The minimum atomic E-state index is -0.492. The van der Waals surface area contributed by atoms with E-state index in [9.17, 15) is 4.79 Å². The quantitative estimate of drug-likeness (QED) is 0.593. The van der Waals surface area contributed by atoms with Crippen LogP contribution in [0, 0.1) is 0 Å². The standard InChI is InChI=1S/C15H17BrN2O4S/c1-7-12(14(19)22-4)13(18-15(23)17-7)8-5-9(16)11(21-3)6-10(8)20-2/h5-6,13H,1-4H3,(H2,17,18,23)/t13-/m1/s1. The molecule has 1 aromatic rings. The Kier molecular flexibility index (Phi) is 5.48. The first-order chi connectivity index (χ1) is 10.9. The van der Waals surface area contributed by atoms with E-state index in [0.29, 0.717) is 27.9 Å². The van der Waals surface area contributed by atoms with Crippen molar-refractivity contribution < 1.29 is 19.0 Å². The number of methoxy groups -OCH3 is 3. The SMILES string of the molecule is COC(=O)C1=C(C)NC(=S)N[C@@H]1c1cc(Br)c(OC)cc1OC. The summed E-state index contributed by atoms with van der Waals surface area (Å²) in [6, 6.07) is 3.09. The van der Waals surface area contributed by atoms with Crippen LogP contribution in [0.15, 0.2) is 27.9 Å². The zero-order valence-corrected chi connectivity index (χ0v) is 15.6. The first kappa shape index (κ1) is 17.6. The summed E-state index contributed by atoms with van der Waals surface area (Å²) in [6.45, 7) is 1.78. The van der Waals surface area contributed by atoms with Gasteiger partial charge in [-0.25, -0.2) is 4.79 Å². The van der Waals surface area contributed by atoms with E-state index in [1.165, 1.54) is 7.11 Å². The highest BCUT2D eigenvalue weighted by molar-refractivity contribution is 9.10.